The molecule has 0 unspecified atom stereocenters. The number of anilines is 1. The number of piperazine rings is 1. The summed E-state index contributed by atoms with van der Waals surface area (Å²) >= 11 is 6.64. The Bertz CT molecular complexity index is 1930. The second-order valence-corrected chi connectivity index (χ2v) is 12.3. The van der Waals surface area contributed by atoms with Gasteiger partial charge in [0.2, 0.25) is 5.91 Å². The number of rotatable bonds is 5. The van der Waals surface area contributed by atoms with Crippen molar-refractivity contribution in [3.63, 3.8) is 0 Å². The summed E-state index contributed by atoms with van der Waals surface area (Å²) in [5.41, 5.74) is -1.08. The number of carbonyl (C=O) groups is 1. The number of halogens is 2. The SMILES string of the molecule is C=CC(=O)N1CCN(c2nc(=O)n(-c3c(C)ccnc3S(C)(=O)=O)c3nc(-c4c(O)cccc4F)c(Cl)cc23)[C@@H](C)C1. The van der Waals surface area contributed by atoms with Crippen molar-refractivity contribution in [3.05, 3.63) is 76.1 Å². The van der Waals surface area contributed by atoms with E-state index in [4.69, 9.17) is 11.6 Å². The summed E-state index contributed by atoms with van der Waals surface area (Å²) in [4.78, 5) is 42.5. The Hall–Kier alpha value is -4.36. The van der Waals surface area contributed by atoms with Crippen LogP contribution in [-0.4, -0.2) is 75.8 Å². The first-order chi connectivity index (χ1) is 19.8. The maximum absolute atomic E-state index is 15.0. The van der Waals surface area contributed by atoms with Crippen LogP contribution in [0.4, 0.5) is 10.2 Å². The molecule has 0 aliphatic carbocycles. The molecular formula is C28H26ClFN6O5S. The smallest absolute Gasteiger partial charge is 0.355 e. The molecule has 1 aromatic carbocycles. The number of hydrogen-bond donors (Lipinski definition) is 1. The van der Waals surface area contributed by atoms with Crippen molar-refractivity contribution in [2.24, 2.45) is 0 Å². The van der Waals surface area contributed by atoms with E-state index in [1.165, 1.54) is 36.5 Å². The third kappa shape index (κ3) is 4.98. The molecule has 1 aliphatic rings. The molecule has 1 N–H and O–H groups in total. The molecule has 1 fully saturated rings. The Morgan fingerprint density at radius 2 is 1.98 bits per heavy atom. The summed E-state index contributed by atoms with van der Waals surface area (Å²) in [5.74, 6) is -1.27. The number of aromatic hydroxyl groups is 1. The summed E-state index contributed by atoms with van der Waals surface area (Å²) < 4.78 is 41.5. The van der Waals surface area contributed by atoms with Crippen LogP contribution in [0, 0.1) is 12.7 Å². The Kier molecular flexibility index (Phi) is 7.50. The third-order valence-corrected chi connectivity index (χ3v) is 8.37. The molecule has 5 rings (SSSR count). The van der Waals surface area contributed by atoms with Gasteiger partial charge in [-0.2, -0.15) is 4.98 Å². The van der Waals surface area contributed by atoms with E-state index in [1.807, 2.05) is 11.8 Å². The lowest BCUT2D eigenvalue weighted by molar-refractivity contribution is -0.126. The molecule has 14 heteroatoms. The van der Waals surface area contributed by atoms with Gasteiger partial charge in [-0.1, -0.05) is 24.2 Å². The number of phenolic OH excluding ortho intramolecular Hbond substituents is 1. The molecule has 218 valence electrons. The molecule has 1 amide bonds. The van der Waals surface area contributed by atoms with Gasteiger partial charge >= 0.3 is 5.69 Å². The first-order valence-corrected chi connectivity index (χ1v) is 15.1. The average molecular weight is 613 g/mol. The highest BCUT2D eigenvalue weighted by atomic mass is 35.5. The maximum atomic E-state index is 15.0. The lowest BCUT2D eigenvalue weighted by atomic mass is 10.1. The quantitative estimate of drug-likeness (QED) is 0.336. The van der Waals surface area contributed by atoms with E-state index in [1.54, 1.807) is 11.8 Å². The molecule has 1 aliphatic heterocycles. The predicted octanol–water partition coefficient (Wildman–Crippen LogP) is 3.28. The number of fused-ring (bicyclic) bond motifs is 1. The molecule has 1 atom stereocenters. The fourth-order valence-electron chi connectivity index (χ4n) is 5.12. The van der Waals surface area contributed by atoms with Gasteiger partial charge in [0, 0.05) is 38.1 Å². The van der Waals surface area contributed by atoms with Gasteiger partial charge in [0.15, 0.2) is 20.5 Å². The zero-order chi connectivity index (χ0) is 30.5. The zero-order valence-electron chi connectivity index (χ0n) is 22.9. The molecule has 0 saturated carbocycles. The average Bonchev–Trinajstić information content (AvgIpc) is 2.92. The Morgan fingerprint density at radius 1 is 1.24 bits per heavy atom. The number of carbonyl (C=O) groups excluding carboxylic acids is 1. The summed E-state index contributed by atoms with van der Waals surface area (Å²) in [5, 5.41) is 10.3. The first kappa shape index (κ1) is 29.1. The van der Waals surface area contributed by atoms with Gasteiger partial charge in [0.05, 0.1) is 27.4 Å². The number of phenols is 1. The lowest BCUT2D eigenvalue weighted by Crippen LogP contribution is -2.54. The summed E-state index contributed by atoms with van der Waals surface area (Å²) in [6, 6.07) is 6.40. The molecule has 4 heterocycles. The van der Waals surface area contributed by atoms with Gasteiger partial charge in [0.25, 0.3) is 0 Å². The molecule has 4 aromatic rings. The van der Waals surface area contributed by atoms with Crippen molar-refractivity contribution in [2.75, 3.05) is 30.8 Å². The highest BCUT2D eigenvalue weighted by Gasteiger charge is 2.31. The fraction of sp³-hybridized carbons (Fsp3) is 0.250. The number of aromatic nitrogens is 4. The highest BCUT2D eigenvalue weighted by molar-refractivity contribution is 7.90. The molecule has 3 aromatic heterocycles. The van der Waals surface area contributed by atoms with Crippen LogP contribution in [0.25, 0.3) is 28.0 Å². The van der Waals surface area contributed by atoms with Crippen LogP contribution in [-0.2, 0) is 14.6 Å². The second kappa shape index (κ2) is 10.8. The predicted molar refractivity (Wildman–Crippen MR) is 156 cm³/mol. The maximum Gasteiger partial charge on any atom is 0.355 e. The van der Waals surface area contributed by atoms with E-state index in [2.05, 4.69) is 21.5 Å². The van der Waals surface area contributed by atoms with Crippen LogP contribution in [0.5, 0.6) is 5.75 Å². The third-order valence-electron chi connectivity index (χ3n) is 7.08. The number of benzene rings is 1. The van der Waals surface area contributed by atoms with E-state index in [0.717, 1.165) is 16.9 Å². The van der Waals surface area contributed by atoms with Gasteiger partial charge < -0.3 is 14.9 Å². The first-order valence-electron chi connectivity index (χ1n) is 12.8. The van der Waals surface area contributed by atoms with Crippen LogP contribution in [0.15, 0.2) is 59.0 Å². The summed E-state index contributed by atoms with van der Waals surface area (Å²) in [6.45, 7) is 7.95. The summed E-state index contributed by atoms with van der Waals surface area (Å²) in [7, 11) is -3.94. The van der Waals surface area contributed by atoms with Crippen LogP contribution in [0.1, 0.15) is 12.5 Å². The monoisotopic (exact) mass is 612 g/mol. The molecule has 11 nitrogen and oxygen atoms in total. The zero-order valence-corrected chi connectivity index (χ0v) is 24.4. The van der Waals surface area contributed by atoms with Crippen molar-refractivity contribution < 1.29 is 22.7 Å². The van der Waals surface area contributed by atoms with Crippen molar-refractivity contribution in [2.45, 2.75) is 24.9 Å². The van der Waals surface area contributed by atoms with Gasteiger partial charge in [0.1, 0.15) is 17.4 Å². The Balaban J connectivity index is 1.86. The lowest BCUT2D eigenvalue weighted by Gasteiger charge is -2.40. The standard InChI is InChI=1S/C28H26ClFN6O5S/c1-5-21(38)34-11-12-35(16(3)14-34)25-17-13-18(29)23(22-19(30)7-6-8-20(22)37)32-26(17)36(28(39)33-25)24-15(2)9-10-31-27(24)42(4,40)41/h5-10,13,16,37H,1,11-12,14H2,2-4H3/t16-/m0/s1. The van der Waals surface area contributed by atoms with Gasteiger partial charge in [-0.05, 0) is 49.8 Å². The van der Waals surface area contributed by atoms with Gasteiger partial charge in [-0.15, -0.1) is 0 Å². The normalized spacial score (nSPS) is 15.7. The van der Waals surface area contributed by atoms with E-state index in [9.17, 15) is 27.5 Å². The minimum absolute atomic E-state index is 0.0458. The van der Waals surface area contributed by atoms with E-state index in [-0.39, 0.29) is 55.8 Å². The van der Waals surface area contributed by atoms with Crippen molar-refractivity contribution >= 4 is 44.2 Å². The van der Waals surface area contributed by atoms with Crippen molar-refractivity contribution in [3.8, 4) is 22.7 Å². The van der Waals surface area contributed by atoms with Gasteiger partial charge in [-0.3, -0.25) is 4.79 Å². The van der Waals surface area contributed by atoms with Crippen LogP contribution in [0.3, 0.4) is 0 Å². The Labute approximate surface area is 245 Å². The number of aryl methyl sites for hydroxylation is 1. The highest BCUT2D eigenvalue weighted by Crippen LogP contribution is 2.39. The van der Waals surface area contributed by atoms with Crippen LogP contribution in [0.2, 0.25) is 5.02 Å². The second-order valence-electron chi connectivity index (χ2n) is 9.96. The minimum Gasteiger partial charge on any atom is -0.507 e. The molecule has 42 heavy (non-hydrogen) atoms. The van der Waals surface area contributed by atoms with E-state index < -0.39 is 27.1 Å². The largest absolute Gasteiger partial charge is 0.507 e. The molecule has 0 radical (unpaired) electrons. The number of amides is 1. The van der Waals surface area contributed by atoms with Crippen molar-refractivity contribution in [1.82, 2.24) is 24.4 Å². The number of pyridine rings is 2. The van der Waals surface area contributed by atoms with Crippen molar-refractivity contribution in [1.29, 1.82) is 0 Å². The number of nitrogens with zero attached hydrogens (tertiary/aromatic N) is 6. The number of hydrogen-bond acceptors (Lipinski definition) is 9. The molecule has 0 spiro atoms. The van der Waals surface area contributed by atoms with Crippen LogP contribution >= 0.6 is 11.6 Å². The molecule has 0 bridgehead atoms. The van der Waals surface area contributed by atoms with Crippen LogP contribution < -0.4 is 10.6 Å². The minimum atomic E-state index is -3.94. The number of sulfone groups is 1. The summed E-state index contributed by atoms with van der Waals surface area (Å²) in [6.07, 6.45) is 3.51. The Morgan fingerprint density at radius 3 is 2.62 bits per heavy atom. The van der Waals surface area contributed by atoms with E-state index >= 15 is 0 Å². The molecular weight excluding hydrogens is 587 g/mol. The van der Waals surface area contributed by atoms with E-state index in [0.29, 0.717) is 25.2 Å². The molecule has 1 saturated heterocycles. The topological polar surface area (TPSA) is 139 Å². The fourth-order valence-corrected chi connectivity index (χ4v) is 6.22. The van der Waals surface area contributed by atoms with Gasteiger partial charge in [-0.25, -0.2) is 32.1 Å².